The lowest BCUT2D eigenvalue weighted by Crippen LogP contribution is -2.45. The summed E-state index contributed by atoms with van der Waals surface area (Å²) in [6.07, 6.45) is 7.18. The summed E-state index contributed by atoms with van der Waals surface area (Å²) in [5.41, 5.74) is 5.36. The molecule has 2 N–H and O–H groups in total. The van der Waals surface area contributed by atoms with Crippen LogP contribution < -0.4 is 5.32 Å². The van der Waals surface area contributed by atoms with Gasteiger partial charge in [0.25, 0.3) is 0 Å². The van der Waals surface area contributed by atoms with E-state index in [4.69, 9.17) is 9.47 Å². The molecule has 0 aliphatic heterocycles. The van der Waals surface area contributed by atoms with Crippen LogP contribution in [-0.2, 0) is 14.3 Å². The van der Waals surface area contributed by atoms with Crippen molar-refractivity contribution in [3.05, 3.63) is 59.7 Å². The first-order valence-corrected chi connectivity index (χ1v) is 13.4. The van der Waals surface area contributed by atoms with E-state index in [0.717, 1.165) is 6.42 Å². The van der Waals surface area contributed by atoms with E-state index in [2.05, 4.69) is 29.6 Å². The van der Waals surface area contributed by atoms with Gasteiger partial charge in [-0.25, -0.2) is 4.79 Å². The Labute approximate surface area is 213 Å². The zero-order chi connectivity index (χ0) is 25.1. The Bertz CT molecular complexity index is 1040. The monoisotopic (exact) mass is 491 g/mol. The van der Waals surface area contributed by atoms with Crippen molar-refractivity contribution >= 4 is 12.1 Å². The molecule has 0 unspecified atom stereocenters. The van der Waals surface area contributed by atoms with Crippen LogP contribution in [0.25, 0.3) is 11.1 Å². The second-order valence-corrected chi connectivity index (χ2v) is 11.0. The molecule has 36 heavy (non-hydrogen) atoms. The van der Waals surface area contributed by atoms with E-state index >= 15 is 0 Å². The fourth-order valence-corrected chi connectivity index (χ4v) is 6.47. The number of carboxylic acid groups (broad SMARTS) is 1. The first-order valence-electron chi connectivity index (χ1n) is 13.4. The minimum atomic E-state index is -0.811. The van der Waals surface area contributed by atoms with Gasteiger partial charge in [0.05, 0.1) is 12.0 Å². The summed E-state index contributed by atoms with van der Waals surface area (Å²) >= 11 is 0. The van der Waals surface area contributed by atoms with Gasteiger partial charge >= 0.3 is 12.1 Å². The quantitative estimate of drug-likeness (QED) is 0.377. The molecule has 3 aliphatic carbocycles. The number of fused-ring (bicyclic) bond motifs is 3. The first kappa shape index (κ1) is 24.8. The fourth-order valence-electron chi connectivity index (χ4n) is 6.47. The van der Waals surface area contributed by atoms with Crippen LogP contribution in [0, 0.1) is 17.3 Å². The third-order valence-electron chi connectivity index (χ3n) is 8.64. The average Bonchev–Trinajstić information content (AvgIpc) is 3.15. The van der Waals surface area contributed by atoms with Crippen LogP contribution in [0.2, 0.25) is 0 Å². The van der Waals surface area contributed by atoms with Crippen molar-refractivity contribution in [3.8, 4) is 11.1 Å². The second-order valence-electron chi connectivity index (χ2n) is 11.0. The average molecular weight is 492 g/mol. The van der Waals surface area contributed by atoms with E-state index in [9.17, 15) is 14.7 Å². The highest BCUT2D eigenvalue weighted by atomic mass is 16.5. The normalized spacial score (nSPS) is 19.5. The van der Waals surface area contributed by atoms with E-state index in [0.29, 0.717) is 30.9 Å². The van der Waals surface area contributed by atoms with E-state index in [1.54, 1.807) is 6.92 Å². The Hall–Kier alpha value is -2.86. The molecule has 5 rings (SSSR count). The molecule has 3 aliphatic rings. The summed E-state index contributed by atoms with van der Waals surface area (Å²) in [4.78, 5) is 23.9. The highest BCUT2D eigenvalue weighted by Crippen LogP contribution is 2.60. The van der Waals surface area contributed by atoms with Crippen LogP contribution in [0.4, 0.5) is 4.79 Å². The third-order valence-corrected chi connectivity index (χ3v) is 8.64. The maximum atomic E-state index is 12.4. The zero-order valence-electron chi connectivity index (χ0n) is 21.1. The molecule has 6 nitrogen and oxygen atoms in total. The van der Waals surface area contributed by atoms with Gasteiger partial charge in [-0.1, -0.05) is 55.0 Å². The van der Waals surface area contributed by atoms with Crippen molar-refractivity contribution in [1.29, 1.82) is 0 Å². The maximum Gasteiger partial charge on any atom is 0.407 e. The standard InChI is InChI=1S/C30H37NO5/c1-20(28(32)33)27(16-21-17-30(18-21)12-6-13-30)35-15-7-14-31-29(34)36-19-26-24-10-4-2-8-22(24)23-9-3-5-11-25(23)26/h2-5,8-11,20-21,26-27H,6-7,12-19H2,1H3,(H,31,34)(H,32,33)/t20-,27-/m1/s1. The van der Waals surface area contributed by atoms with Gasteiger partial charge in [-0.3, -0.25) is 4.79 Å². The number of hydrogen-bond acceptors (Lipinski definition) is 4. The van der Waals surface area contributed by atoms with Crippen LogP contribution in [0.1, 0.15) is 68.9 Å². The van der Waals surface area contributed by atoms with Crippen LogP contribution in [0.3, 0.4) is 0 Å². The van der Waals surface area contributed by atoms with Gasteiger partial charge in [-0.05, 0) is 79.0 Å². The summed E-state index contributed by atoms with van der Waals surface area (Å²) in [5, 5.41) is 12.3. The molecule has 0 aromatic heterocycles. The van der Waals surface area contributed by atoms with Gasteiger partial charge in [0.2, 0.25) is 0 Å². The summed E-state index contributed by atoms with van der Waals surface area (Å²) < 4.78 is 11.6. The number of benzene rings is 2. The van der Waals surface area contributed by atoms with Crippen molar-refractivity contribution in [2.24, 2.45) is 17.3 Å². The van der Waals surface area contributed by atoms with Crippen molar-refractivity contribution in [1.82, 2.24) is 5.32 Å². The van der Waals surface area contributed by atoms with Crippen molar-refractivity contribution in [2.75, 3.05) is 19.8 Å². The molecule has 0 radical (unpaired) electrons. The Kier molecular flexibility index (Phi) is 7.33. The Morgan fingerprint density at radius 2 is 1.69 bits per heavy atom. The number of carbonyl (C=O) groups is 2. The molecular weight excluding hydrogens is 454 g/mol. The highest BCUT2D eigenvalue weighted by Gasteiger charge is 2.48. The number of ether oxygens (including phenoxy) is 2. The molecule has 2 aromatic carbocycles. The van der Waals surface area contributed by atoms with Gasteiger partial charge in [0, 0.05) is 19.1 Å². The van der Waals surface area contributed by atoms with Crippen molar-refractivity contribution < 1.29 is 24.2 Å². The lowest BCUT2D eigenvalue weighted by atomic mass is 9.51. The van der Waals surface area contributed by atoms with Gasteiger partial charge in [-0.15, -0.1) is 0 Å². The number of alkyl carbamates (subject to hydrolysis) is 1. The minimum absolute atomic E-state index is 0.0373. The molecule has 1 amide bonds. The van der Waals surface area contributed by atoms with Crippen LogP contribution in [0.5, 0.6) is 0 Å². The number of rotatable bonds is 11. The molecule has 192 valence electrons. The molecule has 2 saturated carbocycles. The van der Waals surface area contributed by atoms with Crippen LogP contribution >= 0.6 is 0 Å². The van der Waals surface area contributed by atoms with Gasteiger partial charge in [0.1, 0.15) is 6.61 Å². The third kappa shape index (κ3) is 5.15. The number of aliphatic carboxylic acids is 1. The molecular formula is C30H37NO5. The lowest BCUT2D eigenvalue weighted by molar-refractivity contribution is -0.148. The largest absolute Gasteiger partial charge is 0.481 e. The maximum absolute atomic E-state index is 12.4. The first-order chi connectivity index (χ1) is 17.5. The number of hydrogen-bond donors (Lipinski definition) is 2. The molecule has 0 heterocycles. The summed E-state index contributed by atoms with van der Waals surface area (Å²) in [6.45, 7) is 2.87. The van der Waals surface area contributed by atoms with E-state index < -0.39 is 18.0 Å². The van der Waals surface area contributed by atoms with Gasteiger partial charge < -0.3 is 19.9 Å². The molecule has 1 spiro atoms. The van der Waals surface area contributed by atoms with Crippen molar-refractivity contribution in [3.63, 3.8) is 0 Å². The summed E-state index contributed by atoms with van der Waals surface area (Å²) in [5.74, 6) is -0.723. The summed E-state index contributed by atoms with van der Waals surface area (Å²) in [7, 11) is 0. The minimum Gasteiger partial charge on any atom is -0.481 e. The highest BCUT2D eigenvalue weighted by molar-refractivity contribution is 5.79. The molecule has 0 saturated heterocycles. The van der Waals surface area contributed by atoms with E-state index in [1.807, 2.05) is 24.3 Å². The molecule has 6 heteroatoms. The number of amides is 1. The molecule has 0 bridgehead atoms. The molecule has 2 fully saturated rings. The Morgan fingerprint density at radius 1 is 1.06 bits per heavy atom. The summed E-state index contributed by atoms with van der Waals surface area (Å²) in [6, 6.07) is 16.5. The Morgan fingerprint density at radius 3 is 2.28 bits per heavy atom. The van der Waals surface area contributed by atoms with Gasteiger partial charge in [0.15, 0.2) is 0 Å². The van der Waals surface area contributed by atoms with Crippen LogP contribution in [-0.4, -0.2) is 43.0 Å². The molecule has 2 aromatic rings. The second kappa shape index (κ2) is 10.6. The fraction of sp³-hybridized carbons (Fsp3) is 0.533. The van der Waals surface area contributed by atoms with Crippen LogP contribution in [0.15, 0.2) is 48.5 Å². The van der Waals surface area contributed by atoms with Gasteiger partial charge in [-0.2, -0.15) is 0 Å². The molecule has 2 atom stereocenters. The number of carbonyl (C=O) groups excluding carboxylic acids is 1. The lowest BCUT2D eigenvalue weighted by Gasteiger charge is -2.55. The van der Waals surface area contributed by atoms with E-state index in [-0.39, 0.29) is 18.6 Å². The Balaban J connectivity index is 1.04. The number of carboxylic acids is 1. The van der Waals surface area contributed by atoms with Crippen molar-refractivity contribution in [2.45, 2.75) is 63.9 Å². The SMILES string of the molecule is C[C@@H](C(=O)O)[C@@H](CC1CC2(CCC2)C1)OCCCNC(=O)OCC1c2ccccc2-c2ccccc21. The smallest absolute Gasteiger partial charge is 0.407 e. The topological polar surface area (TPSA) is 84.9 Å². The number of nitrogens with one attached hydrogen (secondary N) is 1. The predicted molar refractivity (Wildman–Crippen MR) is 138 cm³/mol. The zero-order valence-corrected chi connectivity index (χ0v) is 21.1. The van der Waals surface area contributed by atoms with E-state index in [1.165, 1.54) is 54.4 Å². The predicted octanol–water partition coefficient (Wildman–Crippen LogP) is 5.99.